The third kappa shape index (κ3) is 12.4. The molecule has 0 heterocycles. The van der Waals surface area contributed by atoms with E-state index in [1.165, 1.54) is 6.92 Å². The van der Waals surface area contributed by atoms with Gasteiger partial charge in [-0.15, -0.1) is 0 Å². The van der Waals surface area contributed by atoms with Crippen LogP contribution in [0, 0.1) is 0 Å². The molecule has 19 heavy (non-hydrogen) atoms. The Kier molecular flexibility index (Phi) is 7.92. The Balaban J connectivity index is 3.92. The van der Waals surface area contributed by atoms with Crippen LogP contribution < -0.4 is 10.0 Å². The molecule has 0 aliphatic carbocycles. The second-order valence-electron chi connectivity index (χ2n) is 4.97. The zero-order chi connectivity index (χ0) is 15.1. The van der Waals surface area contributed by atoms with Crippen molar-refractivity contribution in [3.63, 3.8) is 0 Å². The van der Waals surface area contributed by atoms with Crippen LogP contribution >= 0.6 is 0 Å². The normalized spacial score (nSPS) is 14.9. The van der Waals surface area contributed by atoms with E-state index in [2.05, 4.69) is 5.32 Å². The Morgan fingerprint density at radius 3 is 2.16 bits per heavy atom. The lowest BCUT2D eigenvalue weighted by Gasteiger charge is -2.16. The molecule has 0 amide bonds. The van der Waals surface area contributed by atoms with E-state index in [-0.39, 0.29) is 5.75 Å². The molecule has 0 aromatic rings. The molecule has 8 heteroatoms. The second-order valence-corrected chi connectivity index (χ2v) is 6.85. The van der Waals surface area contributed by atoms with Gasteiger partial charge < -0.3 is 5.32 Å². The molecule has 0 aliphatic rings. The Bertz CT molecular complexity index is 342. The molecular formula is C11H23F3N2O2S. The highest BCUT2D eigenvalue weighted by atomic mass is 32.2. The fraction of sp³-hybridized carbons (Fsp3) is 1.00. The number of hydrogen-bond donors (Lipinski definition) is 2. The van der Waals surface area contributed by atoms with Crippen LogP contribution in [0.4, 0.5) is 13.2 Å². The van der Waals surface area contributed by atoms with Crippen molar-refractivity contribution in [2.75, 3.05) is 12.3 Å². The molecule has 0 aromatic carbocycles. The number of alkyl halides is 3. The molecular weight excluding hydrogens is 281 g/mol. The first-order valence-corrected chi connectivity index (χ1v) is 7.97. The Morgan fingerprint density at radius 1 is 1.11 bits per heavy atom. The molecule has 0 rings (SSSR count). The number of unbranched alkanes of at least 4 members (excludes halogenated alkanes) is 1. The van der Waals surface area contributed by atoms with Gasteiger partial charge in [-0.25, -0.2) is 13.1 Å². The first kappa shape index (κ1) is 18.7. The third-order valence-corrected chi connectivity index (χ3v) is 3.90. The van der Waals surface area contributed by atoms with Crippen LogP contribution in [0.5, 0.6) is 0 Å². The first-order chi connectivity index (χ1) is 8.52. The molecule has 4 nitrogen and oxygen atoms in total. The van der Waals surface area contributed by atoms with E-state index in [4.69, 9.17) is 0 Å². The SMILES string of the molecule is CC(C)NCCCCS(=O)(=O)NC(C)CC(F)(F)F. The van der Waals surface area contributed by atoms with Crippen molar-refractivity contribution >= 4 is 10.0 Å². The lowest BCUT2D eigenvalue weighted by Crippen LogP contribution is -2.37. The highest BCUT2D eigenvalue weighted by Gasteiger charge is 2.31. The van der Waals surface area contributed by atoms with Crippen LogP contribution in [0.15, 0.2) is 0 Å². The molecule has 0 bridgehead atoms. The van der Waals surface area contributed by atoms with Crippen LogP contribution in [-0.4, -0.2) is 39.0 Å². The lowest BCUT2D eigenvalue weighted by atomic mass is 10.2. The summed E-state index contributed by atoms with van der Waals surface area (Å²) in [6, 6.07) is -0.791. The predicted molar refractivity (Wildman–Crippen MR) is 69.4 cm³/mol. The van der Waals surface area contributed by atoms with Gasteiger partial charge in [0.25, 0.3) is 0 Å². The van der Waals surface area contributed by atoms with E-state index in [1.54, 1.807) is 0 Å². The van der Waals surface area contributed by atoms with Gasteiger partial charge in [0.15, 0.2) is 0 Å². The van der Waals surface area contributed by atoms with E-state index in [9.17, 15) is 21.6 Å². The monoisotopic (exact) mass is 304 g/mol. The molecule has 0 spiro atoms. The van der Waals surface area contributed by atoms with Crippen LogP contribution in [0.25, 0.3) is 0 Å². The molecule has 0 saturated carbocycles. The number of rotatable bonds is 9. The Morgan fingerprint density at radius 2 is 1.68 bits per heavy atom. The van der Waals surface area contributed by atoms with Crippen LogP contribution in [-0.2, 0) is 10.0 Å². The summed E-state index contributed by atoms with van der Waals surface area (Å²) in [6.07, 6.45) is -4.41. The van der Waals surface area contributed by atoms with E-state index in [0.29, 0.717) is 25.4 Å². The zero-order valence-corrected chi connectivity index (χ0v) is 12.4. The minimum atomic E-state index is -4.36. The minimum Gasteiger partial charge on any atom is -0.315 e. The molecule has 0 aromatic heterocycles. The average Bonchev–Trinajstić information content (AvgIpc) is 2.11. The molecule has 116 valence electrons. The van der Waals surface area contributed by atoms with Gasteiger partial charge in [-0.1, -0.05) is 13.8 Å². The largest absolute Gasteiger partial charge is 0.390 e. The molecule has 0 fully saturated rings. The molecule has 0 aliphatic heterocycles. The summed E-state index contributed by atoms with van der Waals surface area (Å²) < 4.78 is 61.3. The fourth-order valence-corrected chi connectivity index (χ4v) is 2.96. The number of hydrogen-bond acceptors (Lipinski definition) is 3. The summed E-state index contributed by atoms with van der Waals surface area (Å²) >= 11 is 0. The van der Waals surface area contributed by atoms with Gasteiger partial charge >= 0.3 is 6.18 Å². The first-order valence-electron chi connectivity index (χ1n) is 6.32. The molecule has 2 N–H and O–H groups in total. The highest BCUT2D eigenvalue weighted by molar-refractivity contribution is 7.89. The maximum absolute atomic E-state index is 12.1. The van der Waals surface area contributed by atoms with Crippen molar-refractivity contribution in [3.05, 3.63) is 0 Å². The summed E-state index contributed by atoms with van der Waals surface area (Å²) in [5.41, 5.74) is 0. The minimum absolute atomic E-state index is 0.144. The Labute approximate surface area is 113 Å². The second kappa shape index (κ2) is 8.06. The maximum Gasteiger partial charge on any atom is 0.390 e. The van der Waals surface area contributed by atoms with Gasteiger partial charge in [-0.05, 0) is 26.3 Å². The number of sulfonamides is 1. The quantitative estimate of drug-likeness (QED) is 0.641. The summed E-state index contributed by atoms with van der Waals surface area (Å²) in [7, 11) is -3.63. The zero-order valence-electron chi connectivity index (χ0n) is 11.5. The van der Waals surface area contributed by atoms with Crippen molar-refractivity contribution in [2.24, 2.45) is 0 Å². The average molecular weight is 304 g/mol. The van der Waals surface area contributed by atoms with E-state index >= 15 is 0 Å². The van der Waals surface area contributed by atoms with Gasteiger partial charge in [0.2, 0.25) is 10.0 Å². The van der Waals surface area contributed by atoms with Crippen LogP contribution in [0.2, 0.25) is 0 Å². The van der Waals surface area contributed by atoms with E-state index in [1.807, 2.05) is 18.6 Å². The standard InChI is InChI=1S/C11H23F3N2O2S/c1-9(2)15-6-4-5-7-19(17,18)16-10(3)8-11(12,13)14/h9-10,15-16H,4-8H2,1-3H3. The summed E-state index contributed by atoms with van der Waals surface area (Å²) in [4.78, 5) is 0. The van der Waals surface area contributed by atoms with Crippen LogP contribution in [0.1, 0.15) is 40.0 Å². The number of nitrogens with one attached hydrogen (secondary N) is 2. The lowest BCUT2D eigenvalue weighted by molar-refractivity contribution is -0.137. The van der Waals surface area contributed by atoms with Gasteiger partial charge in [-0.3, -0.25) is 0 Å². The van der Waals surface area contributed by atoms with Gasteiger partial charge in [0.1, 0.15) is 0 Å². The highest BCUT2D eigenvalue weighted by Crippen LogP contribution is 2.21. The summed E-state index contributed by atoms with van der Waals surface area (Å²) in [6.45, 7) is 5.88. The van der Waals surface area contributed by atoms with Crippen molar-refractivity contribution < 1.29 is 21.6 Å². The molecule has 1 atom stereocenters. The van der Waals surface area contributed by atoms with Crippen molar-refractivity contribution in [1.82, 2.24) is 10.0 Å². The van der Waals surface area contributed by atoms with E-state index < -0.39 is 28.7 Å². The van der Waals surface area contributed by atoms with Crippen molar-refractivity contribution in [3.8, 4) is 0 Å². The topological polar surface area (TPSA) is 58.2 Å². The molecule has 0 saturated heterocycles. The van der Waals surface area contributed by atoms with Gasteiger partial charge in [0.05, 0.1) is 12.2 Å². The third-order valence-electron chi connectivity index (χ3n) is 2.31. The summed E-state index contributed by atoms with van der Waals surface area (Å²) in [5.74, 6) is -0.144. The van der Waals surface area contributed by atoms with E-state index in [0.717, 1.165) is 0 Å². The summed E-state index contributed by atoms with van der Waals surface area (Å²) in [5, 5.41) is 3.14. The smallest absolute Gasteiger partial charge is 0.315 e. The molecule has 1 unspecified atom stereocenters. The predicted octanol–water partition coefficient (Wildman–Crippen LogP) is 2.02. The fourth-order valence-electron chi connectivity index (χ4n) is 1.56. The molecule has 0 radical (unpaired) electrons. The number of halogens is 3. The van der Waals surface area contributed by atoms with Gasteiger partial charge in [-0.2, -0.15) is 13.2 Å². The Hall–Kier alpha value is -0.340. The van der Waals surface area contributed by atoms with Crippen LogP contribution in [0.3, 0.4) is 0 Å². The maximum atomic E-state index is 12.1. The van der Waals surface area contributed by atoms with Crippen molar-refractivity contribution in [2.45, 2.75) is 58.3 Å². The van der Waals surface area contributed by atoms with Crippen molar-refractivity contribution in [1.29, 1.82) is 0 Å². The van der Waals surface area contributed by atoms with Gasteiger partial charge in [0, 0.05) is 12.1 Å².